The van der Waals surface area contributed by atoms with Crippen molar-refractivity contribution in [1.82, 2.24) is 0 Å². The smallest absolute Gasteiger partial charge is 0.488 e. The van der Waals surface area contributed by atoms with E-state index in [2.05, 4.69) is 0 Å². The van der Waals surface area contributed by atoms with Crippen molar-refractivity contribution in [3.63, 3.8) is 0 Å². The van der Waals surface area contributed by atoms with Gasteiger partial charge in [-0.25, -0.2) is 0 Å². The van der Waals surface area contributed by atoms with E-state index in [0.29, 0.717) is 35.4 Å². The molecule has 0 spiro atoms. The van der Waals surface area contributed by atoms with Gasteiger partial charge >= 0.3 is 7.12 Å². The van der Waals surface area contributed by atoms with Gasteiger partial charge in [-0.2, -0.15) is 0 Å². The second-order valence-electron chi connectivity index (χ2n) is 5.14. The Morgan fingerprint density at radius 3 is 2.26 bits per heavy atom. The molecule has 0 aliphatic heterocycles. The van der Waals surface area contributed by atoms with Crippen LogP contribution in [0.1, 0.15) is 22.3 Å². The highest BCUT2D eigenvalue weighted by atomic mass is 16.5. The van der Waals surface area contributed by atoms with E-state index in [4.69, 9.17) is 19.5 Å². The fraction of sp³-hybridized carbons (Fsp3) is 0.235. The summed E-state index contributed by atoms with van der Waals surface area (Å²) in [7, 11) is 1.58. The minimum atomic E-state index is -1.58. The third-order valence-corrected chi connectivity index (χ3v) is 3.56. The summed E-state index contributed by atoms with van der Waals surface area (Å²) >= 11 is 0. The van der Waals surface area contributed by atoms with Gasteiger partial charge in [-0.1, -0.05) is 24.3 Å². The Balaban J connectivity index is 2.08. The summed E-state index contributed by atoms with van der Waals surface area (Å²) in [6.07, 6.45) is 0.847. The predicted octanol–water partition coefficient (Wildman–Crippen LogP) is 1.20. The standard InChI is InChI=1S/C17H19BO5/c1-22-15-8-12(9-16(11-15)23-2)6-7-17(19)13-4-3-5-14(10-13)18(20)21/h3-5,8-11,20-21H,6-7H2,1-2H3. The molecule has 0 bridgehead atoms. The average Bonchev–Trinajstić information content (AvgIpc) is 2.59. The van der Waals surface area contributed by atoms with Crippen LogP contribution >= 0.6 is 0 Å². The monoisotopic (exact) mass is 314 g/mol. The number of aryl methyl sites for hydroxylation is 1. The molecule has 0 aliphatic carbocycles. The fourth-order valence-corrected chi connectivity index (χ4v) is 2.29. The van der Waals surface area contributed by atoms with Gasteiger partial charge in [0, 0.05) is 18.1 Å². The number of rotatable bonds is 7. The van der Waals surface area contributed by atoms with Crippen LogP contribution < -0.4 is 14.9 Å². The molecule has 0 saturated heterocycles. The number of benzene rings is 2. The molecule has 23 heavy (non-hydrogen) atoms. The molecule has 120 valence electrons. The number of Topliss-reactive ketones (excluding diaryl/α,β-unsaturated/α-hetero) is 1. The van der Waals surface area contributed by atoms with Crippen molar-refractivity contribution in [2.75, 3.05) is 14.2 Å². The van der Waals surface area contributed by atoms with E-state index in [0.717, 1.165) is 5.56 Å². The summed E-state index contributed by atoms with van der Waals surface area (Å²) in [5.74, 6) is 1.30. The molecule has 0 unspecified atom stereocenters. The van der Waals surface area contributed by atoms with Gasteiger partial charge in [0.1, 0.15) is 11.5 Å². The molecule has 5 nitrogen and oxygen atoms in total. The SMILES string of the molecule is COc1cc(CCC(=O)c2cccc(B(O)O)c2)cc(OC)c1. The molecule has 0 heterocycles. The Bertz CT molecular complexity index is 662. The number of carbonyl (C=O) groups excluding carboxylic acids is 1. The largest absolute Gasteiger partial charge is 0.497 e. The van der Waals surface area contributed by atoms with Gasteiger partial charge in [-0.15, -0.1) is 0 Å². The summed E-state index contributed by atoms with van der Waals surface area (Å²) in [4.78, 5) is 12.3. The average molecular weight is 314 g/mol. The van der Waals surface area contributed by atoms with Gasteiger partial charge in [-0.05, 0) is 29.6 Å². The first-order chi connectivity index (χ1) is 11.0. The molecular formula is C17H19BO5. The highest BCUT2D eigenvalue weighted by Crippen LogP contribution is 2.23. The van der Waals surface area contributed by atoms with Crippen LogP contribution in [0, 0.1) is 0 Å². The van der Waals surface area contributed by atoms with Crippen LogP contribution in [0.4, 0.5) is 0 Å². The minimum absolute atomic E-state index is 0.0608. The van der Waals surface area contributed by atoms with Crippen molar-refractivity contribution < 1.29 is 24.3 Å². The number of methoxy groups -OCH3 is 2. The number of carbonyl (C=O) groups is 1. The molecule has 0 amide bonds. The van der Waals surface area contributed by atoms with Crippen LogP contribution in [0.2, 0.25) is 0 Å². The van der Waals surface area contributed by atoms with E-state index >= 15 is 0 Å². The normalized spacial score (nSPS) is 10.3. The Morgan fingerprint density at radius 2 is 1.70 bits per heavy atom. The maximum Gasteiger partial charge on any atom is 0.488 e. The highest BCUT2D eigenvalue weighted by molar-refractivity contribution is 6.58. The van der Waals surface area contributed by atoms with Gasteiger partial charge in [0.05, 0.1) is 14.2 Å². The van der Waals surface area contributed by atoms with E-state index in [1.165, 1.54) is 6.07 Å². The van der Waals surface area contributed by atoms with E-state index in [1.54, 1.807) is 38.5 Å². The Labute approximate surface area is 135 Å². The third-order valence-electron chi connectivity index (χ3n) is 3.56. The molecule has 0 aromatic heterocycles. The van der Waals surface area contributed by atoms with Crippen LogP contribution in [-0.4, -0.2) is 37.2 Å². The van der Waals surface area contributed by atoms with Crippen LogP contribution in [0.15, 0.2) is 42.5 Å². The molecule has 0 fully saturated rings. The molecule has 0 radical (unpaired) electrons. The maximum absolute atomic E-state index is 12.3. The molecule has 2 N–H and O–H groups in total. The lowest BCUT2D eigenvalue weighted by Gasteiger charge is -2.08. The van der Waals surface area contributed by atoms with Gasteiger partial charge in [0.25, 0.3) is 0 Å². The van der Waals surface area contributed by atoms with Gasteiger partial charge in [0.15, 0.2) is 5.78 Å². The van der Waals surface area contributed by atoms with Crippen molar-refractivity contribution in [2.45, 2.75) is 12.8 Å². The topological polar surface area (TPSA) is 76.0 Å². The van der Waals surface area contributed by atoms with Gasteiger partial charge < -0.3 is 19.5 Å². The lowest BCUT2D eigenvalue weighted by atomic mass is 9.79. The van der Waals surface area contributed by atoms with Crippen LogP contribution in [-0.2, 0) is 6.42 Å². The number of hydrogen-bond acceptors (Lipinski definition) is 5. The molecule has 2 aromatic rings. The number of ketones is 1. The Hall–Kier alpha value is -2.31. The fourth-order valence-electron chi connectivity index (χ4n) is 2.29. The zero-order valence-corrected chi connectivity index (χ0v) is 13.2. The zero-order valence-electron chi connectivity index (χ0n) is 13.2. The maximum atomic E-state index is 12.3. The summed E-state index contributed by atoms with van der Waals surface area (Å²) in [6.45, 7) is 0. The first kappa shape index (κ1) is 17.1. The second-order valence-corrected chi connectivity index (χ2v) is 5.14. The van der Waals surface area contributed by atoms with Crippen LogP contribution in [0.5, 0.6) is 11.5 Å². The van der Waals surface area contributed by atoms with Crippen molar-refractivity contribution in [1.29, 1.82) is 0 Å². The van der Waals surface area contributed by atoms with E-state index in [-0.39, 0.29) is 5.78 Å². The molecular weight excluding hydrogens is 295 g/mol. The van der Waals surface area contributed by atoms with E-state index < -0.39 is 7.12 Å². The van der Waals surface area contributed by atoms with Crippen LogP contribution in [0.3, 0.4) is 0 Å². The van der Waals surface area contributed by atoms with Crippen molar-refractivity contribution >= 4 is 18.4 Å². The van der Waals surface area contributed by atoms with E-state index in [9.17, 15) is 4.79 Å². The number of ether oxygens (including phenoxy) is 2. The molecule has 2 rings (SSSR count). The molecule has 0 aliphatic rings. The Kier molecular flexibility index (Phi) is 5.79. The minimum Gasteiger partial charge on any atom is -0.497 e. The molecule has 6 heteroatoms. The first-order valence-electron chi connectivity index (χ1n) is 7.24. The predicted molar refractivity (Wildman–Crippen MR) is 88.5 cm³/mol. The van der Waals surface area contributed by atoms with Gasteiger partial charge in [-0.3, -0.25) is 4.79 Å². The summed E-state index contributed by atoms with van der Waals surface area (Å²) in [5, 5.41) is 18.3. The highest BCUT2D eigenvalue weighted by Gasteiger charge is 2.14. The lowest BCUT2D eigenvalue weighted by Crippen LogP contribution is -2.30. The molecule has 0 atom stereocenters. The summed E-state index contributed by atoms with van der Waals surface area (Å²) < 4.78 is 10.4. The summed E-state index contributed by atoms with van der Waals surface area (Å²) in [5.41, 5.74) is 1.71. The van der Waals surface area contributed by atoms with Gasteiger partial charge in [0.2, 0.25) is 0 Å². The first-order valence-corrected chi connectivity index (χ1v) is 7.24. The summed E-state index contributed by atoms with van der Waals surface area (Å²) in [6, 6.07) is 11.9. The second kappa shape index (κ2) is 7.81. The quantitative estimate of drug-likeness (QED) is 0.593. The number of hydrogen-bond donors (Lipinski definition) is 2. The lowest BCUT2D eigenvalue weighted by molar-refractivity contribution is 0.0983. The van der Waals surface area contributed by atoms with E-state index in [1.807, 2.05) is 12.1 Å². The van der Waals surface area contributed by atoms with Crippen molar-refractivity contribution in [3.05, 3.63) is 53.6 Å². The molecule has 0 saturated carbocycles. The zero-order chi connectivity index (χ0) is 16.8. The third kappa shape index (κ3) is 4.58. The van der Waals surface area contributed by atoms with Crippen molar-refractivity contribution in [3.8, 4) is 11.5 Å². The molecule has 2 aromatic carbocycles. The van der Waals surface area contributed by atoms with Crippen LogP contribution in [0.25, 0.3) is 0 Å². The van der Waals surface area contributed by atoms with Crippen molar-refractivity contribution in [2.24, 2.45) is 0 Å². The Morgan fingerprint density at radius 1 is 1.04 bits per heavy atom.